The van der Waals surface area contributed by atoms with Crippen LogP contribution in [-0.4, -0.2) is 54.8 Å². The number of hydrogen-bond donors (Lipinski definition) is 1. The minimum Gasteiger partial charge on any atom is -0.383 e. The average Bonchev–Trinajstić information content (AvgIpc) is 2.78. The van der Waals surface area contributed by atoms with Gasteiger partial charge < -0.3 is 19.5 Å². The molecular weight excluding hydrogens is 252 g/mol. The zero-order valence-corrected chi connectivity index (χ0v) is 13.2. The van der Waals surface area contributed by atoms with Crippen LogP contribution >= 0.6 is 0 Å². The normalized spacial score (nSPS) is 21.9. The molecule has 114 valence electrons. The van der Waals surface area contributed by atoms with Crippen LogP contribution in [0, 0.1) is 12.8 Å². The lowest BCUT2D eigenvalue weighted by atomic mass is 9.99. The van der Waals surface area contributed by atoms with Gasteiger partial charge in [-0.3, -0.25) is 0 Å². The van der Waals surface area contributed by atoms with Crippen molar-refractivity contribution in [1.82, 2.24) is 14.5 Å². The van der Waals surface area contributed by atoms with Gasteiger partial charge in [-0.25, -0.2) is 4.98 Å². The monoisotopic (exact) mass is 280 g/mol. The number of likely N-dealkylation sites (tertiary alicyclic amines) is 1. The van der Waals surface area contributed by atoms with E-state index in [0.29, 0.717) is 12.6 Å². The van der Waals surface area contributed by atoms with E-state index in [1.807, 2.05) is 6.92 Å². The molecule has 1 fully saturated rings. The molecule has 0 radical (unpaired) electrons. The lowest BCUT2D eigenvalue weighted by molar-refractivity contribution is 0.163. The van der Waals surface area contributed by atoms with Crippen molar-refractivity contribution in [1.29, 1.82) is 0 Å². The predicted octanol–water partition coefficient (Wildman–Crippen LogP) is 2.15. The summed E-state index contributed by atoms with van der Waals surface area (Å²) < 4.78 is 7.43. The molecule has 1 aromatic rings. The van der Waals surface area contributed by atoms with Gasteiger partial charge in [0.05, 0.1) is 18.3 Å². The summed E-state index contributed by atoms with van der Waals surface area (Å²) in [5.41, 5.74) is 1.05. The first-order chi connectivity index (χ1) is 9.60. The van der Waals surface area contributed by atoms with Crippen LogP contribution in [-0.2, 0) is 4.74 Å². The first kappa shape index (κ1) is 15.3. The number of nitrogens with one attached hydrogen (secondary N) is 1. The lowest BCUT2D eigenvalue weighted by Crippen LogP contribution is -2.35. The fourth-order valence-corrected chi connectivity index (χ4v) is 2.98. The third-order valence-corrected chi connectivity index (χ3v) is 4.01. The Hall–Kier alpha value is -1.07. The van der Waals surface area contributed by atoms with Crippen LogP contribution in [0.15, 0.2) is 6.20 Å². The number of aromatic nitrogens is 2. The van der Waals surface area contributed by atoms with E-state index in [4.69, 9.17) is 4.74 Å². The Morgan fingerprint density at radius 1 is 1.55 bits per heavy atom. The Labute approximate surface area is 122 Å². The van der Waals surface area contributed by atoms with E-state index in [1.165, 1.54) is 25.9 Å². The summed E-state index contributed by atoms with van der Waals surface area (Å²) in [6.07, 6.45) is 4.71. The van der Waals surface area contributed by atoms with Crippen LogP contribution in [0.4, 0.5) is 5.95 Å². The highest BCUT2D eigenvalue weighted by Crippen LogP contribution is 2.19. The Balaban J connectivity index is 1.94. The summed E-state index contributed by atoms with van der Waals surface area (Å²) in [4.78, 5) is 7.02. The number of aryl methyl sites for hydroxylation is 1. The largest absolute Gasteiger partial charge is 0.383 e. The fourth-order valence-electron chi connectivity index (χ4n) is 2.98. The van der Waals surface area contributed by atoms with E-state index in [0.717, 1.165) is 24.1 Å². The van der Waals surface area contributed by atoms with Crippen LogP contribution in [0.25, 0.3) is 0 Å². The predicted molar refractivity (Wildman–Crippen MR) is 82.3 cm³/mol. The van der Waals surface area contributed by atoms with Crippen molar-refractivity contribution in [2.45, 2.75) is 32.7 Å². The van der Waals surface area contributed by atoms with E-state index in [-0.39, 0.29) is 0 Å². The van der Waals surface area contributed by atoms with Crippen LogP contribution in [0.2, 0.25) is 0 Å². The van der Waals surface area contributed by atoms with E-state index in [9.17, 15) is 0 Å². The van der Waals surface area contributed by atoms with Crippen LogP contribution in [0.3, 0.4) is 0 Å². The van der Waals surface area contributed by atoms with Gasteiger partial charge in [-0.05, 0) is 46.2 Å². The van der Waals surface area contributed by atoms with Crippen LogP contribution in [0.5, 0.6) is 0 Å². The summed E-state index contributed by atoms with van der Waals surface area (Å²) in [5.74, 6) is 1.69. The molecule has 0 aliphatic carbocycles. The summed E-state index contributed by atoms with van der Waals surface area (Å²) >= 11 is 0. The number of anilines is 1. The summed E-state index contributed by atoms with van der Waals surface area (Å²) in [6, 6.07) is 0.303. The van der Waals surface area contributed by atoms with Gasteiger partial charge in [0.15, 0.2) is 0 Å². The molecule has 1 aliphatic heterocycles. The zero-order valence-electron chi connectivity index (χ0n) is 13.2. The molecule has 5 heteroatoms. The van der Waals surface area contributed by atoms with Crippen LogP contribution < -0.4 is 5.32 Å². The molecule has 1 saturated heterocycles. The van der Waals surface area contributed by atoms with Crippen molar-refractivity contribution in [2.24, 2.45) is 5.92 Å². The standard InChI is InChI=1S/C15H28N4O/c1-12-9-19(13(2)11-20-4)15(17-12)16-8-14-6-5-7-18(3)10-14/h9,13-14H,5-8,10-11H2,1-4H3,(H,16,17). The first-order valence-corrected chi connectivity index (χ1v) is 7.57. The van der Waals surface area contributed by atoms with Crippen molar-refractivity contribution >= 4 is 5.95 Å². The molecular formula is C15H28N4O. The molecule has 0 spiro atoms. The molecule has 0 aromatic carbocycles. The van der Waals surface area contributed by atoms with E-state index >= 15 is 0 Å². The van der Waals surface area contributed by atoms with Crippen molar-refractivity contribution < 1.29 is 4.74 Å². The third-order valence-electron chi connectivity index (χ3n) is 4.01. The minimum atomic E-state index is 0.303. The molecule has 5 nitrogen and oxygen atoms in total. The van der Waals surface area contributed by atoms with Gasteiger partial charge in [-0.2, -0.15) is 0 Å². The second-order valence-corrected chi connectivity index (χ2v) is 6.07. The quantitative estimate of drug-likeness (QED) is 0.867. The first-order valence-electron chi connectivity index (χ1n) is 7.57. The summed E-state index contributed by atoms with van der Waals surface area (Å²) in [7, 11) is 3.95. The van der Waals surface area contributed by atoms with Gasteiger partial charge in [-0.15, -0.1) is 0 Å². The van der Waals surface area contributed by atoms with Crippen molar-refractivity contribution in [3.05, 3.63) is 11.9 Å². The third kappa shape index (κ3) is 3.96. The van der Waals surface area contributed by atoms with E-state index in [2.05, 4.69) is 39.9 Å². The molecule has 2 unspecified atom stereocenters. The van der Waals surface area contributed by atoms with Crippen molar-refractivity contribution in [3.63, 3.8) is 0 Å². The van der Waals surface area contributed by atoms with E-state index in [1.54, 1.807) is 7.11 Å². The average molecular weight is 280 g/mol. The smallest absolute Gasteiger partial charge is 0.203 e. The molecule has 2 heterocycles. The van der Waals surface area contributed by atoms with Crippen LogP contribution in [0.1, 0.15) is 31.5 Å². The molecule has 1 aliphatic rings. The van der Waals surface area contributed by atoms with Gasteiger partial charge in [0.1, 0.15) is 0 Å². The Morgan fingerprint density at radius 3 is 3.05 bits per heavy atom. The number of ether oxygens (including phenoxy) is 1. The molecule has 1 N–H and O–H groups in total. The molecule has 2 atom stereocenters. The molecule has 0 saturated carbocycles. The van der Waals surface area contributed by atoms with E-state index < -0.39 is 0 Å². The number of imidazole rings is 1. The van der Waals surface area contributed by atoms with Gasteiger partial charge in [0, 0.05) is 26.4 Å². The Bertz CT molecular complexity index is 418. The number of methoxy groups -OCH3 is 1. The highest BCUT2D eigenvalue weighted by atomic mass is 16.5. The Kier molecular flexibility index (Phi) is 5.43. The second kappa shape index (κ2) is 7.09. The summed E-state index contributed by atoms with van der Waals surface area (Å²) in [6.45, 7) is 8.31. The second-order valence-electron chi connectivity index (χ2n) is 6.07. The Morgan fingerprint density at radius 2 is 2.35 bits per heavy atom. The highest BCUT2D eigenvalue weighted by molar-refractivity contribution is 5.29. The van der Waals surface area contributed by atoms with Gasteiger partial charge >= 0.3 is 0 Å². The molecule has 1 aromatic heterocycles. The number of hydrogen-bond acceptors (Lipinski definition) is 4. The SMILES string of the molecule is COCC(C)n1cc(C)nc1NCC1CCCN(C)C1. The molecule has 0 bridgehead atoms. The lowest BCUT2D eigenvalue weighted by Gasteiger charge is -2.30. The number of piperidine rings is 1. The fraction of sp³-hybridized carbons (Fsp3) is 0.800. The summed E-state index contributed by atoms with van der Waals surface area (Å²) in [5, 5.41) is 3.53. The minimum absolute atomic E-state index is 0.303. The molecule has 0 amide bonds. The molecule has 20 heavy (non-hydrogen) atoms. The number of nitrogens with zero attached hydrogens (tertiary/aromatic N) is 3. The van der Waals surface area contributed by atoms with Crippen molar-refractivity contribution in [3.8, 4) is 0 Å². The van der Waals surface area contributed by atoms with Crippen molar-refractivity contribution in [2.75, 3.05) is 45.7 Å². The number of rotatable bonds is 6. The molecule has 2 rings (SSSR count). The maximum absolute atomic E-state index is 5.25. The van der Waals surface area contributed by atoms with Gasteiger partial charge in [0.2, 0.25) is 5.95 Å². The van der Waals surface area contributed by atoms with Gasteiger partial charge in [-0.1, -0.05) is 0 Å². The maximum atomic E-state index is 5.25. The van der Waals surface area contributed by atoms with Gasteiger partial charge in [0.25, 0.3) is 0 Å². The topological polar surface area (TPSA) is 42.3 Å². The zero-order chi connectivity index (χ0) is 14.5. The maximum Gasteiger partial charge on any atom is 0.203 e. The highest BCUT2D eigenvalue weighted by Gasteiger charge is 2.18.